The van der Waals surface area contributed by atoms with Crippen LogP contribution in [0.2, 0.25) is 6.32 Å². The molecule has 3 aliphatic carbocycles. The Kier molecular flexibility index (Phi) is 13.8. The standard InChI is InChI=1S/C41H54B2FN3O6/c1-6-33(44)35(22-29(3)21-31(27-45)34-16-10-11-19-46-34)51-20-17-39(48)47-38(23-30-14-8-7-9-15-30)43-52-37-25-32-24-36(41(37,5)53-43)40(32,4)18-12-13-28(2)26-42(49)50/h6-11,14-16,19,22,28,31-32,36-38,49-50H,1,12-13,17-18,20-21,23-26H2,2-5H3,(H,47,48)/b29-22+,35-33-/t28?,31?,32-,36-,37+,38-,40?,41-/m0/s1. The van der Waals surface area contributed by atoms with Gasteiger partial charge in [0.15, 0.2) is 11.6 Å². The molecular weight excluding hydrogens is 671 g/mol. The summed E-state index contributed by atoms with van der Waals surface area (Å²) < 4.78 is 34.2. The zero-order chi connectivity index (χ0) is 38.2. The Balaban J connectivity index is 1.21. The molecule has 282 valence electrons. The lowest BCUT2D eigenvalue weighted by atomic mass is 9.41. The highest BCUT2D eigenvalue weighted by Crippen LogP contribution is 2.67. The van der Waals surface area contributed by atoms with Gasteiger partial charge in [0.2, 0.25) is 5.91 Å². The minimum atomic E-state index is -1.27. The maximum atomic E-state index is 14.9. The topological polar surface area (TPSA) is 134 Å². The van der Waals surface area contributed by atoms with Crippen molar-refractivity contribution in [1.82, 2.24) is 10.3 Å². The summed E-state index contributed by atoms with van der Waals surface area (Å²) in [6.07, 6.45) is 10.4. The quantitative estimate of drug-likeness (QED) is 0.0798. The molecule has 12 heteroatoms. The lowest BCUT2D eigenvalue weighted by Gasteiger charge is -2.66. The molecule has 2 bridgehead atoms. The van der Waals surface area contributed by atoms with Gasteiger partial charge in [-0.05, 0) is 105 Å². The monoisotopic (exact) mass is 725 g/mol. The Bertz CT molecular complexity index is 1660. The van der Waals surface area contributed by atoms with Crippen molar-refractivity contribution in [2.24, 2.45) is 23.2 Å². The average Bonchev–Trinajstić information content (AvgIpc) is 3.50. The molecular formula is C41H54B2FN3O6. The number of hydrogen-bond acceptors (Lipinski definition) is 8. The van der Waals surface area contributed by atoms with E-state index in [4.69, 9.17) is 14.0 Å². The number of carbonyl (C=O) groups excluding carboxylic acids is 1. The minimum Gasteiger partial charge on any atom is -0.490 e. The van der Waals surface area contributed by atoms with E-state index in [9.17, 15) is 24.5 Å². The van der Waals surface area contributed by atoms with Crippen LogP contribution in [0.5, 0.6) is 0 Å². The number of nitrogens with one attached hydrogen (secondary N) is 1. The molecule has 6 rings (SSSR count). The summed E-state index contributed by atoms with van der Waals surface area (Å²) in [5.41, 5.74) is 2.02. The maximum absolute atomic E-state index is 14.9. The van der Waals surface area contributed by atoms with E-state index in [0.717, 1.165) is 49.3 Å². The normalized spacial score (nSPS) is 26.9. The lowest BCUT2D eigenvalue weighted by molar-refractivity contribution is -0.211. The van der Waals surface area contributed by atoms with Crippen molar-refractivity contribution in [1.29, 1.82) is 5.26 Å². The van der Waals surface area contributed by atoms with Crippen molar-refractivity contribution >= 4 is 20.1 Å². The first-order chi connectivity index (χ1) is 25.4. The van der Waals surface area contributed by atoms with E-state index in [1.54, 1.807) is 31.3 Å². The maximum Gasteiger partial charge on any atom is 0.482 e. The van der Waals surface area contributed by atoms with Gasteiger partial charge in [-0.1, -0.05) is 75.2 Å². The predicted molar refractivity (Wildman–Crippen MR) is 204 cm³/mol. The molecule has 2 heterocycles. The van der Waals surface area contributed by atoms with Gasteiger partial charge in [0, 0.05) is 6.20 Å². The summed E-state index contributed by atoms with van der Waals surface area (Å²) in [7, 11) is -1.91. The molecule has 4 fully saturated rings. The molecule has 4 aliphatic rings. The number of amides is 1. The third-order valence-electron chi connectivity index (χ3n) is 11.9. The van der Waals surface area contributed by atoms with Gasteiger partial charge in [0.25, 0.3) is 0 Å². The van der Waals surface area contributed by atoms with Gasteiger partial charge in [-0.3, -0.25) is 9.78 Å². The van der Waals surface area contributed by atoms with Crippen molar-refractivity contribution < 1.29 is 33.3 Å². The number of allylic oxidation sites excluding steroid dienone is 4. The summed E-state index contributed by atoms with van der Waals surface area (Å²) in [6.45, 7) is 11.9. The van der Waals surface area contributed by atoms with Crippen LogP contribution in [0.25, 0.3) is 0 Å². The van der Waals surface area contributed by atoms with E-state index in [1.807, 2.05) is 36.4 Å². The second-order valence-corrected chi connectivity index (χ2v) is 15.7. The highest BCUT2D eigenvalue weighted by atomic mass is 19.1. The molecule has 1 aromatic heterocycles. The molecule has 0 spiro atoms. The van der Waals surface area contributed by atoms with E-state index in [0.29, 0.717) is 36.7 Å². The fourth-order valence-electron chi connectivity index (χ4n) is 8.87. The van der Waals surface area contributed by atoms with Crippen molar-refractivity contribution in [3.05, 3.63) is 102 Å². The van der Waals surface area contributed by atoms with E-state index >= 15 is 0 Å². The Hall–Kier alpha value is -3.75. The molecule has 3 unspecified atom stereocenters. The van der Waals surface area contributed by atoms with Crippen LogP contribution in [-0.4, -0.2) is 59.4 Å². The van der Waals surface area contributed by atoms with Crippen molar-refractivity contribution in [3.63, 3.8) is 0 Å². The van der Waals surface area contributed by atoms with Gasteiger partial charge >= 0.3 is 14.2 Å². The van der Waals surface area contributed by atoms with Crippen LogP contribution < -0.4 is 5.32 Å². The SMILES string of the molecule is C=C/C(F)=C(\C=C(/C)CC(C#N)c1ccccn1)OCCC(=O)N[C@@H](Cc1ccccc1)B1O[C@@H]2C[C@@H]3C[C@@H](C3(C)CCCC(C)CB(O)O)[C@]2(C)O1. The van der Waals surface area contributed by atoms with Crippen LogP contribution in [0.1, 0.15) is 89.8 Å². The number of rotatable bonds is 19. The fraction of sp³-hybridized carbons (Fsp3) is 0.537. The number of nitrogens with zero attached hydrogens (tertiary/aromatic N) is 2. The average molecular weight is 726 g/mol. The molecule has 2 aromatic rings. The zero-order valence-electron chi connectivity index (χ0n) is 31.5. The Morgan fingerprint density at radius 1 is 1.25 bits per heavy atom. The second kappa shape index (κ2) is 18.1. The smallest absolute Gasteiger partial charge is 0.482 e. The molecule has 8 atom stereocenters. The summed E-state index contributed by atoms with van der Waals surface area (Å²) in [6, 6.07) is 17.6. The number of benzene rings is 1. The highest BCUT2D eigenvalue weighted by Gasteiger charge is 2.69. The number of carbonyl (C=O) groups is 1. The Labute approximate surface area is 315 Å². The van der Waals surface area contributed by atoms with Crippen LogP contribution in [0.3, 0.4) is 0 Å². The van der Waals surface area contributed by atoms with Gasteiger partial charge < -0.3 is 29.4 Å². The first-order valence-corrected chi connectivity index (χ1v) is 19.0. The van der Waals surface area contributed by atoms with Crippen LogP contribution in [0.4, 0.5) is 4.39 Å². The number of hydrogen-bond donors (Lipinski definition) is 3. The van der Waals surface area contributed by atoms with Gasteiger partial charge in [0.1, 0.15) is 0 Å². The number of halogens is 1. The summed E-state index contributed by atoms with van der Waals surface area (Å²) >= 11 is 0. The fourth-order valence-corrected chi connectivity index (χ4v) is 8.87. The third kappa shape index (κ3) is 9.87. The highest BCUT2D eigenvalue weighted by molar-refractivity contribution is 6.48. The largest absolute Gasteiger partial charge is 0.490 e. The molecule has 9 nitrogen and oxygen atoms in total. The molecule has 53 heavy (non-hydrogen) atoms. The van der Waals surface area contributed by atoms with Gasteiger partial charge in [-0.25, -0.2) is 4.39 Å². The van der Waals surface area contributed by atoms with Crippen molar-refractivity contribution in [2.45, 2.75) is 109 Å². The molecule has 1 saturated heterocycles. The lowest BCUT2D eigenvalue weighted by Crippen LogP contribution is -2.66. The van der Waals surface area contributed by atoms with Gasteiger partial charge in [-0.15, -0.1) is 0 Å². The summed E-state index contributed by atoms with van der Waals surface area (Å²) in [4.78, 5) is 17.8. The van der Waals surface area contributed by atoms with Crippen molar-refractivity contribution in [3.8, 4) is 6.07 Å². The van der Waals surface area contributed by atoms with Gasteiger partial charge in [-0.2, -0.15) is 5.26 Å². The van der Waals surface area contributed by atoms with Crippen molar-refractivity contribution in [2.75, 3.05) is 6.61 Å². The van der Waals surface area contributed by atoms with Crippen LogP contribution >= 0.6 is 0 Å². The Morgan fingerprint density at radius 2 is 2.00 bits per heavy atom. The number of ether oxygens (including phenoxy) is 1. The molecule has 3 N–H and O–H groups in total. The Morgan fingerprint density at radius 3 is 2.68 bits per heavy atom. The number of pyridine rings is 1. The van der Waals surface area contributed by atoms with Crippen LogP contribution in [0.15, 0.2) is 90.6 Å². The van der Waals surface area contributed by atoms with E-state index in [2.05, 4.69) is 43.7 Å². The second-order valence-electron chi connectivity index (χ2n) is 15.7. The number of aromatic nitrogens is 1. The molecule has 0 radical (unpaired) electrons. The molecule has 1 amide bonds. The van der Waals surface area contributed by atoms with E-state index < -0.39 is 37.5 Å². The molecule has 1 aliphatic heterocycles. The first-order valence-electron chi connectivity index (χ1n) is 19.0. The van der Waals surface area contributed by atoms with E-state index in [-0.39, 0.29) is 42.1 Å². The molecule has 3 saturated carbocycles. The number of nitriles is 1. The predicted octanol–water partition coefficient (Wildman–Crippen LogP) is 7.05. The van der Waals surface area contributed by atoms with Crippen LogP contribution in [-0.2, 0) is 25.3 Å². The summed E-state index contributed by atoms with van der Waals surface area (Å²) in [5, 5.41) is 31.6. The third-order valence-corrected chi connectivity index (χ3v) is 11.9. The molecule has 1 aromatic carbocycles. The first kappa shape index (κ1) is 40.4. The van der Waals surface area contributed by atoms with Crippen LogP contribution in [0, 0.1) is 34.5 Å². The van der Waals surface area contributed by atoms with Gasteiger partial charge in [0.05, 0.1) is 48.4 Å². The zero-order valence-corrected chi connectivity index (χ0v) is 31.5. The summed E-state index contributed by atoms with van der Waals surface area (Å²) in [5.74, 6) is -0.849. The van der Waals surface area contributed by atoms with E-state index in [1.165, 1.54) is 0 Å². The minimum absolute atomic E-state index is 0.0250.